The molecule has 7 nitrogen and oxygen atoms in total. The summed E-state index contributed by atoms with van der Waals surface area (Å²) in [4.78, 5) is 36.1. The van der Waals surface area contributed by atoms with Gasteiger partial charge in [0.1, 0.15) is 0 Å². The van der Waals surface area contributed by atoms with Crippen LogP contribution < -0.4 is 0 Å². The average molecular weight is 354 g/mol. The van der Waals surface area contributed by atoms with Gasteiger partial charge < -0.3 is 9.64 Å². The maximum Gasteiger partial charge on any atom is 0.331 e. The third kappa shape index (κ3) is 5.01. The van der Waals surface area contributed by atoms with Crippen molar-refractivity contribution in [3.05, 3.63) is 81.9 Å². The minimum absolute atomic E-state index is 0.0783. The number of nitro benzene ring substituents is 1. The van der Waals surface area contributed by atoms with E-state index in [4.69, 9.17) is 4.74 Å². The summed E-state index contributed by atoms with van der Waals surface area (Å²) in [6, 6.07) is 14.5. The zero-order valence-corrected chi connectivity index (χ0v) is 14.4. The summed E-state index contributed by atoms with van der Waals surface area (Å²) in [7, 11) is 3.15. The lowest BCUT2D eigenvalue weighted by Gasteiger charge is -2.20. The Hall–Kier alpha value is -3.48. The number of ether oxygens (including phenoxy) is 1. The van der Waals surface area contributed by atoms with Crippen LogP contribution in [-0.4, -0.2) is 35.8 Å². The zero-order chi connectivity index (χ0) is 19.1. The molecule has 0 heterocycles. The van der Waals surface area contributed by atoms with Crippen molar-refractivity contribution in [3.8, 4) is 0 Å². The lowest BCUT2D eigenvalue weighted by molar-refractivity contribution is -0.384. The molecule has 0 bridgehead atoms. The van der Waals surface area contributed by atoms with Crippen molar-refractivity contribution >= 4 is 23.6 Å². The molecule has 2 aromatic rings. The summed E-state index contributed by atoms with van der Waals surface area (Å²) >= 11 is 0. The maximum absolute atomic E-state index is 12.3. The molecule has 7 heteroatoms. The molecule has 0 aromatic heterocycles. The van der Waals surface area contributed by atoms with E-state index in [1.807, 2.05) is 0 Å². The van der Waals surface area contributed by atoms with Gasteiger partial charge in [0.2, 0.25) is 6.10 Å². The van der Waals surface area contributed by atoms with Gasteiger partial charge in [0.05, 0.1) is 4.92 Å². The summed E-state index contributed by atoms with van der Waals surface area (Å²) in [6.45, 7) is 0. The fourth-order valence-corrected chi connectivity index (χ4v) is 2.19. The molecule has 0 radical (unpaired) electrons. The predicted molar refractivity (Wildman–Crippen MR) is 96.1 cm³/mol. The quantitative estimate of drug-likeness (QED) is 0.344. The Morgan fingerprint density at radius 2 is 1.81 bits per heavy atom. The number of likely N-dealkylation sites (N-methyl/N-ethyl adjacent to an activating group) is 1. The first kappa shape index (κ1) is 18.9. The molecule has 0 saturated heterocycles. The fourth-order valence-electron chi connectivity index (χ4n) is 2.19. The number of carbonyl (C=O) groups excluding carboxylic acids is 2. The second kappa shape index (κ2) is 8.57. The van der Waals surface area contributed by atoms with Crippen LogP contribution in [0.4, 0.5) is 5.69 Å². The summed E-state index contributed by atoms with van der Waals surface area (Å²) in [5.41, 5.74) is 0.958. The number of rotatable bonds is 6. The number of benzene rings is 2. The second-order valence-electron chi connectivity index (χ2n) is 5.65. The Bertz CT molecular complexity index is 831. The minimum atomic E-state index is -1.06. The van der Waals surface area contributed by atoms with Crippen LogP contribution in [-0.2, 0) is 14.3 Å². The lowest BCUT2D eigenvalue weighted by Crippen LogP contribution is -2.30. The Balaban J connectivity index is 2.16. The third-order valence-electron chi connectivity index (χ3n) is 3.49. The van der Waals surface area contributed by atoms with E-state index < -0.39 is 17.0 Å². The van der Waals surface area contributed by atoms with Gasteiger partial charge in [-0.1, -0.05) is 42.5 Å². The van der Waals surface area contributed by atoms with E-state index >= 15 is 0 Å². The highest BCUT2D eigenvalue weighted by Crippen LogP contribution is 2.20. The molecule has 1 atom stereocenters. The molecule has 0 aliphatic carbocycles. The molecule has 0 spiro atoms. The molecular weight excluding hydrogens is 336 g/mol. The SMILES string of the molecule is CN(C)C(=O)[C@H](OC(=O)/C=C/c1cccc([N+](=O)[O-])c1)c1ccccc1. The van der Waals surface area contributed by atoms with Crippen LogP contribution in [0.1, 0.15) is 17.2 Å². The van der Waals surface area contributed by atoms with Crippen LogP contribution >= 0.6 is 0 Å². The second-order valence-corrected chi connectivity index (χ2v) is 5.65. The standard InChI is InChI=1S/C19H18N2O5/c1-20(2)19(23)18(15-8-4-3-5-9-15)26-17(22)12-11-14-7-6-10-16(13-14)21(24)25/h3-13,18H,1-2H3/b12-11+/t18-/m1/s1. The van der Waals surface area contributed by atoms with Crippen molar-refractivity contribution in [1.82, 2.24) is 4.90 Å². The van der Waals surface area contributed by atoms with E-state index in [1.165, 1.54) is 29.2 Å². The molecule has 0 fully saturated rings. The van der Waals surface area contributed by atoms with Gasteiger partial charge >= 0.3 is 5.97 Å². The molecule has 0 aliphatic heterocycles. The highest BCUT2D eigenvalue weighted by atomic mass is 16.6. The van der Waals surface area contributed by atoms with Crippen LogP contribution in [0, 0.1) is 10.1 Å². The molecule has 0 unspecified atom stereocenters. The number of non-ortho nitro benzene ring substituents is 1. The van der Waals surface area contributed by atoms with Gasteiger partial charge in [0, 0.05) is 37.9 Å². The highest BCUT2D eigenvalue weighted by molar-refractivity contribution is 5.91. The van der Waals surface area contributed by atoms with Crippen LogP contribution in [0.15, 0.2) is 60.7 Å². The summed E-state index contributed by atoms with van der Waals surface area (Å²) in [5, 5.41) is 10.8. The smallest absolute Gasteiger partial charge is 0.331 e. The average Bonchev–Trinajstić information content (AvgIpc) is 2.64. The first-order valence-electron chi connectivity index (χ1n) is 7.77. The molecule has 0 aliphatic rings. The first-order chi connectivity index (χ1) is 12.4. The van der Waals surface area contributed by atoms with E-state index in [2.05, 4.69) is 0 Å². The number of esters is 1. The number of carbonyl (C=O) groups is 2. The van der Waals surface area contributed by atoms with Gasteiger partial charge in [-0.05, 0) is 11.6 Å². The molecule has 2 aromatic carbocycles. The minimum Gasteiger partial charge on any atom is -0.444 e. The normalized spacial score (nSPS) is 11.8. The molecular formula is C19H18N2O5. The van der Waals surface area contributed by atoms with E-state index in [1.54, 1.807) is 50.5 Å². The van der Waals surface area contributed by atoms with Crippen molar-refractivity contribution < 1.29 is 19.2 Å². The topological polar surface area (TPSA) is 89.8 Å². The van der Waals surface area contributed by atoms with Crippen molar-refractivity contribution in [3.63, 3.8) is 0 Å². The molecule has 0 saturated carbocycles. The van der Waals surface area contributed by atoms with Gasteiger partial charge in [0.15, 0.2) is 0 Å². The van der Waals surface area contributed by atoms with Gasteiger partial charge in [-0.15, -0.1) is 0 Å². The summed E-state index contributed by atoms with van der Waals surface area (Å²) in [6.07, 6.45) is 1.48. The number of hydrogen-bond acceptors (Lipinski definition) is 5. The molecule has 134 valence electrons. The number of nitrogens with zero attached hydrogens (tertiary/aromatic N) is 2. The molecule has 1 amide bonds. The Morgan fingerprint density at radius 3 is 2.42 bits per heavy atom. The predicted octanol–water partition coefficient (Wildman–Crippen LogP) is 2.98. The van der Waals surface area contributed by atoms with Crippen molar-refractivity contribution in [1.29, 1.82) is 0 Å². The van der Waals surface area contributed by atoms with Crippen molar-refractivity contribution in [2.45, 2.75) is 6.10 Å². The van der Waals surface area contributed by atoms with Crippen molar-refractivity contribution in [2.24, 2.45) is 0 Å². The molecule has 0 N–H and O–H groups in total. The Morgan fingerprint density at radius 1 is 1.12 bits per heavy atom. The van der Waals surface area contributed by atoms with Crippen LogP contribution in [0.25, 0.3) is 6.08 Å². The van der Waals surface area contributed by atoms with E-state index in [9.17, 15) is 19.7 Å². The first-order valence-corrected chi connectivity index (χ1v) is 7.77. The van der Waals surface area contributed by atoms with Gasteiger partial charge in [-0.2, -0.15) is 0 Å². The van der Waals surface area contributed by atoms with Crippen LogP contribution in [0.3, 0.4) is 0 Å². The monoisotopic (exact) mass is 354 g/mol. The van der Waals surface area contributed by atoms with E-state index in [-0.39, 0.29) is 11.6 Å². The lowest BCUT2D eigenvalue weighted by atomic mass is 10.1. The Kier molecular flexibility index (Phi) is 6.21. The molecule has 26 heavy (non-hydrogen) atoms. The summed E-state index contributed by atoms with van der Waals surface area (Å²) < 4.78 is 5.31. The number of nitro groups is 1. The number of amides is 1. The Labute approximate surface area is 150 Å². The van der Waals surface area contributed by atoms with Crippen molar-refractivity contribution in [2.75, 3.05) is 14.1 Å². The number of hydrogen-bond donors (Lipinski definition) is 0. The fraction of sp³-hybridized carbons (Fsp3) is 0.158. The van der Waals surface area contributed by atoms with Gasteiger partial charge in [0.25, 0.3) is 11.6 Å². The van der Waals surface area contributed by atoms with Gasteiger partial charge in [-0.3, -0.25) is 14.9 Å². The molecule has 2 rings (SSSR count). The third-order valence-corrected chi connectivity index (χ3v) is 3.49. The van der Waals surface area contributed by atoms with Crippen LogP contribution in [0.2, 0.25) is 0 Å². The van der Waals surface area contributed by atoms with Gasteiger partial charge in [-0.25, -0.2) is 4.79 Å². The maximum atomic E-state index is 12.3. The zero-order valence-electron chi connectivity index (χ0n) is 14.4. The highest BCUT2D eigenvalue weighted by Gasteiger charge is 2.25. The van der Waals surface area contributed by atoms with E-state index in [0.29, 0.717) is 11.1 Å². The van der Waals surface area contributed by atoms with Crippen LogP contribution in [0.5, 0.6) is 0 Å². The summed E-state index contributed by atoms with van der Waals surface area (Å²) in [5.74, 6) is -1.09. The van der Waals surface area contributed by atoms with E-state index in [0.717, 1.165) is 6.08 Å². The largest absolute Gasteiger partial charge is 0.444 e.